The van der Waals surface area contributed by atoms with Crippen LogP contribution in [0.15, 0.2) is 28.7 Å². The summed E-state index contributed by atoms with van der Waals surface area (Å²) >= 11 is -1.36. The summed E-state index contributed by atoms with van der Waals surface area (Å²) in [6.45, 7) is 6.65. The Kier molecular flexibility index (Phi) is 4.49. The van der Waals surface area contributed by atoms with Crippen LogP contribution in [0.3, 0.4) is 0 Å². The van der Waals surface area contributed by atoms with Crippen molar-refractivity contribution in [3.63, 3.8) is 0 Å². The van der Waals surface area contributed by atoms with E-state index in [-0.39, 0.29) is 0 Å². The molecule has 1 fully saturated rings. The van der Waals surface area contributed by atoms with E-state index in [9.17, 15) is 14.5 Å². The third-order valence-corrected chi connectivity index (χ3v) is 6.56. The molecule has 0 radical (unpaired) electrons. The minimum Gasteiger partial charge on any atom is -0.591 e. The second kappa shape index (κ2) is 6.21. The van der Waals surface area contributed by atoms with Crippen LogP contribution in [0, 0.1) is 0 Å². The fourth-order valence-electron chi connectivity index (χ4n) is 3.60. The van der Waals surface area contributed by atoms with Crippen LogP contribution < -0.4 is 4.90 Å². The van der Waals surface area contributed by atoms with Gasteiger partial charge in [0.2, 0.25) is 0 Å². The SMILES string of the molecule is CN1c2ccccc2/C(=N\[S+]([O-])C(C)(C)C)C12CCN(C(=O)O)CC2. The lowest BCUT2D eigenvalue weighted by Gasteiger charge is -2.43. The van der Waals surface area contributed by atoms with Gasteiger partial charge in [0.1, 0.15) is 21.8 Å². The fourth-order valence-corrected chi connectivity index (χ4v) is 4.31. The highest BCUT2D eigenvalue weighted by molar-refractivity contribution is 7.91. The van der Waals surface area contributed by atoms with Gasteiger partial charge in [0.25, 0.3) is 0 Å². The first-order valence-electron chi connectivity index (χ1n) is 8.49. The molecule has 1 saturated heterocycles. The van der Waals surface area contributed by atoms with Gasteiger partial charge >= 0.3 is 6.09 Å². The van der Waals surface area contributed by atoms with Crippen LogP contribution in [0.1, 0.15) is 39.2 Å². The van der Waals surface area contributed by atoms with Crippen LogP contribution in [-0.4, -0.2) is 56.8 Å². The number of para-hydroxylation sites is 1. The molecule has 1 aromatic rings. The zero-order chi connectivity index (χ0) is 18.4. The van der Waals surface area contributed by atoms with Gasteiger partial charge in [-0.2, -0.15) is 0 Å². The molecule has 2 heterocycles. The van der Waals surface area contributed by atoms with E-state index < -0.39 is 27.7 Å². The Labute approximate surface area is 151 Å². The monoisotopic (exact) mass is 363 g/mol. The van der Waals surface area contributed by atoms with Crippen LogP contribution in [-0.2, 0) is 11.4 Å². The summed E-state index contributed by atoms with van der Waals surface area (Å²) in [6.07, 6.45) is 0.403. The van der Waals surface area contributed by atoms with E-state index in [1.807, 2.05) is 52.1 Å². The lowest BCUT2D eigenvalue weighted by atomic mass is 9.82. The van der Waals surface area contributed by atoms with Gasteiger partial charge in [0.15, 0.2) is 0 Å². The van der Waals surface area contributed by atoms with E-state index in [0.29, 0.717) is 25.9 Å². The Morgan fingerprint density at radius 3 is 2.44 bits per heavy atom. The largest absolute Gasteiger partial charge is 0.591 e. The number of rotatable bonds is 1. The molecule has 0 aliphatic carbocycles. The van der Waals surface area contributed by atoms with E-state index in [0.717, 1.165) is 17.0 Å². The maximum absolute atomic E-state index is 12.7. The topological polar surface area (TPSA) is 79.2 Å². The lowest BCUT2D eigenvalue weighted by Crippen LogP contribution is -2.57. The molecule has 6 nitrogen and oxygen atoms in total. The molecule has 1 amide bonds. The average Bonchev–Trinajstić information content (AvgIpc) is 2.78. The summed E-state index contributed by atoms with van der Waals surface area (Å²) in [5.74, 6) is 0. The highest BCUT2D eigenvalue weighted by Crippen LogP contribution is 2.44. The summed E-state index contributed by atoms with van der Waals surface area (Å²) in [5.41, 5.74) is 2.52. The molecule has 0 aromatic heterocycles. The van der Waals surface area contributed by atoms with Gasteiger partial charge in [0, 0.05) is 31.4 Å². The van der Waals surface area contributed by atoms with E-state index in [2.05, 4.69) is 9.30 Å². The minimum absolute atomic E-state index is 0.392. The van der Waals surface area contributed by atoms with Crippen molar-refractivity contribution in [2.75, 3.05) is 25.0 Å². The van der Waals surface area contributed by atoms with Crippen LogP contribution in [0.2, 0.25) is 0 Å². The Balaban J connectivity index is 2.05. The standard InChI is InChI=1S/C18H25N3O3S/c1-17(2,3)25(24)19-15-13-7-5-6-8-14(13)20(4)18(15)9-11-21(12-10-18)16(22)23/h5-8H,9-12H2,1-4H3,(H,22,23)/b19-15+. The van der Waals surface area contributed by atoms with Crippen molar-refractivity contribution in [3.8, 4) is 0 Å². The lowest BCUT2D eigenvalue weighted by molar-refractivity contribution is 0.127. The third kappa shape index (κ3) is 3.00. The molecule has 2 aliphatic heterocycles. The number of hydrogen-bond donors (Lipinski definition) is 1. The number of carbonyl (C=O) groups is 1. The number of hydrogen-bond acceptors (Lipinski definition) is 4. The summed E-state index contributed by atoms with van der Waals surface area (Å²) in [7, 11) is 2.03. The molecule has 0 saturated carbocycles. The van der Waals surface area contributed by atoms with Crippen molar-refractivity contribution in [1.82, 2.24) is 4.90 Å². The van der Waals surface area contributed by atoms with Crippen LogP contribution in [0.25, 0.3) is 0 Å². The van der Waals surface area contributed by atoms with Crippen molar-refractivity contribution >= 4 is 28.9 Å². The third-order valence-electron chi connectivity index (χ3n) is 5.16. The number of benzene rings is 1. The zero-order valence-corrected chi connectivity index (χ0v) is 16.0. The van der Waals surface area contributed by atoms with Crippen molar-refractivity contribution in [2.24, 2.45) is 4.40 Å². The smallest absolute Gasteiger partial charge is 0.407 e. The van der Waals surface area contributed by atoms with Gasteiger partial charge in [-0.05, 0) is 39.7 Å². The summed E-state index contributed by atoms with van der Waals surface area (Å²) in [6, 6.07) is 8.01. The van der Waals surface area contributed by atoms with Gasteiger partial charge in [-0.25, -0.2) is 4.79 Å². The van der Waals surface area contributed by atoms with Gasteiger partial charge in [-0.3, -0.25) is 0 Å². The van der Waals surface area contributed by atoms with Crippen molar-refractivity contribution in [3.05, 3.63) is 29.8 Å². The van der Waals surface area contributed by atoms with Gasteiger partial charge in [-0.15, -0.1) is 0 Å². The Bertz CT molecular complexity index is 706. The van der Waals surface area contributed by atoms with Crippen LogP contribution in [0.5, 0.6) is 0 Å². The Morgan fingerprint density at radius 2 is 1.88 bits per heavy atom. The maximum atomic E-state index is 12.7. The van der Waals surface area contributed by atoms with E-state index in [1.165, 1.54) is 4.90 Å². The zero-order valence-electron chi connectivity index (χ0n) is 15.2. The maximum Gasteiger partial charge on any atom is 0.407 e. The number of anilines is 1. The highest BCUT2D eigenvalue weighted by Gasteiger charge is 2.51. The van der Waals surface area contributed by atoms with Gasteiger partial charge in [0.05, 0.1) is 5.54 Å². The molecule has 1 aromatic carbocycles. The first-order chi connectivity index (χ1) is 11.7. The minimum atomic E-state index is -1.36. The number of likely N-dealkylation sites (tertiary alicyclic amines) is 1. The molecule has 1 spiro atoms. The Hall–Kier alpha value is -1.73. The van der Waals surface area contributed by atoms with Crippen LogP contribution >= 0.6 is 0 Å². The van der Waals surface area contributed by atoms with Gasteiger partial charge < -0.3 is 19.5 Å². The summed E-state index contributed by atoms with van der Waals surface area (Å²) < 4.78 is 17.0. The Morgan fingerprint density at radius 1 is 1.28 bits per heavy atom. The average molecular weight is 363 g/mol. The normalized spacial score (nSPS) is 22.4. The number of piperidine rings is 1. The quantitative estimate of drug-likeness (QED) is 0.778. The molecule has 136 valence electrons. The first kappa shape index (κ1) is 18.1. The number of amides is 1. The van der Waals surface area contributed by atoms with Crippen molar-refractivity contribution in [1.29, 1.82) is 0 Å². The van der Waals surface area contributed by atoms with E-state index in [4.69, 9.17) is 0 Å². The molecule has 2 aliphatic rings. The van der Waals surface area contributed by atoms with Crippen molar-refractivity contribution in [2.45, 2.75) is 43.9 Å². The van der Waals surface area contributed by atoms with E-state index in [1.54, 1.807) is 0 Å². The highest BCUT2D eigenvalue weighted by atomic mass is 32.2. The van der Waals surface area contributed by atoms with Crippen LogP contribution in [0.4, 0.5) is 10.5 Å². The summed E-state index contributed by atoms with van der Waals surface area (Å²) in [5, 5.41) is 9.26. The molecule has 3 rings (SSSR count). The van der Waals surface area contributed by atoms with E-state index >= 15 is 0 Å². The number of fused-ring (bicyclic) bond motifs is 1. The molecular formula is C18H25N3O3S. The molecule has 1 N–H and O–H groups in total. The van der Waals surface area contributed by atoms with Gasteiger partial charge in [-0.1, -0.05) is 22.6 Å². The second-order valence-corrected chi connectivity index (χ2v) is 9.58. The predicted octanol–water partition coefficient (Wildman–Crippen LogP) is 2.90. The molecule has 25 heavy (non-hydrogen) atoms. The summed E-state index contributed by atoms with van der Waals surface area (Å²) in [4.78, 5) is 14.9. The molecule has 1 atom stereocenters. The predicted molar refractivity (Wildman–Crippen MR) is 101 cm³/mol. The first-order valence-corrected chi connectivity index (χ1v) is 9.60. The fraction of sp³-hybridized carbons (Fsp3) is 0.556. The molecule has 0 bridgehead atoms. The molecule has 7 heteroatoms. The number of carboxylic acid groups (broad SMARTS) is 1. The molecule has 1 unspecified atom stereocenters. The molecular weight excluding hydrogens is 338 g/mol. The second-order valence-electron chi connectivity index (χ2n) is 7.68. The number of likely N-dealkylation sites (N-methyl/N-ethyl adjacent to an activating group) is 1. The number of nitrogens with zero attached hydrogens (tertiary/aromatic N) is 3. The van der Waals surface area contributed by atoms with Crippen molar-refractivity contribution < 1.29 is 14.5 Å².